The second kappa shape index (κ2) is 4.58. The van der Waals surface area contributed by atoms with Crippen molar-refractivity contribution < 1.29 is 4.79 Å². The van der Waals surface area contributed by atoms with Crippen molar-refractivity contribution in [3.63, 3.8) is 0 Å². The van der Waals surface area contributed by atoms with Crippen molar-refractivity contribution in [3.05, 3.63) is 32.7 Å². The van der Waals surface area contributed by atoms with Crippen LogP contribution in [-0.4, -0.2) is 15.2 Å². The van der Waals surface area contributed by atoms with Gasteiger partial charge in [-0.05, 0) is 6.92 Å². The van der Waals surface area contributed by atoms with Crippen LogP contribution in [0.3, 0.4) is 0 Å². The predicted octanol–water partition coefficient (Wildman–Crippen LogP) is 2.40. The van der Waals surface area contributed by atoms with E-state index in [9.17, 15) is 9.59 Å². The van der Waals surface area contributed by atoms with E-state index >= 15 is 0 Å². The Morgan fingerprint density at radius 1 is 1.59 bits per heavy atom. The molecule has 2 aromatic heterocycles. The molecular formula is C11H11ClN2O2S. The van der Waals surface area contributed by atoms with Crippen molar-refractivity contribution in [3.8, 4) is 0 Å². The van der Waals surface area contributed by atoms with Crippen LogP contribution in [0.25, 0.3) is 4.96 Å². The summed E-state index contributed by atoms with van der Waals surface area (Å²) >= 11 is 7.00. The van der Waals surface area contributed by atoms with Crippen molar-refractivity contribution in [1.82, 2.24) is 9.38 Å². The third-order valence-corrected chi connectivity index (χ3v) is 3.69. The van der Waals surface area contributed by atoms with Gasteiger partial charge in [0, 0.05) is 17.4 Å². The summed E-state index contributed by atoms with van der Waals surface area (Å²) in [4.78, 5) is 29.3. The number of alkyl halides is 1. The maximum absolute atomic E-state index is 11.9. The molecule has 4 nitrogen and oxygen atoms in total. The van der Waals surface area contributed by atoms with Gasteiger partial charge in [0.1, 0.15) is 5.69 Å². The van der Waals surface area contributed by atoms with Crippen LogP contribution >= 0.6 is 22.9 Å². The van der Waals surface area contributed by atoms with Gasteiger partial charge in [0.15, 0.2) is 10.7 Å². The highest BCUT2D eigenvalue weighted by Gasteiger charge is 2.17. The molecule has 0 aromatic carbocycles. The zero-order valence-electron chi connectivity index (χ0n) is 9.49. The Morgan fingerprint density at radius 3 is 2.88 bits per heavy atom. The van der Waals surface area contributed by atoms with Crippen LogP contribution in [0.5, 0.6) is 0 Å². The number of carbonyl (C=O) groups is 1. The van der Waals surface area contributed by atoms with E-state index in [1.54, 1.807) is 6.92 Å². The number of nitrogens with zero attached hydrogens (tertiary/aromatic N) is 2. The van der Waals surface area contributed by atoms with Crippen LogP contribution in [0.15, 0.2) is 10.9 Å². The minimum atomic E-state index is -0.244. The number of Topliss-reactive ketones (excluding diaryl/α,β-unsaturated/α-hetero) is 1. The molecule has 0 saturated heterocycles. The number of carbonyl (C=O) groups excluding carboxylic acids is 1. The third-order valence-electron chi connectivity index (χ3n) is 2.46. The Bertz CT molecular complexity index is 645. The summed E-state index contributed by atoms with van der Waals surface area (Å²) in [6.45, 7) is 3.60. The summed E-state index contributed by atoms with van der Waals surface area (Å²) in [5.41, 5.74) is 0.742. The highest BCUT2D eigenvalue weighted by molar-refractivity contribution is 7.17. The quantitative estimate of drug-likeness (QED) is 0.636. The van der Waals surface area contributed by atoms with Gasteiger partial charge in [-0.2, -0.15) is 0 Å². The largest absolute Gasteiger partial charge is 0.292 e. The topological polar surface area (TPSA) is 51.4 Å². The Labute approximate surface area is 107 Å². The highest BCUT2D eigenvalue weighted by atomic mass is 35.5. The van der Waals surface area contributed by atoms with Crippen LogP contribution in [0.1, 0.15) is 34.4 Å². The molecule has 0 atom stereocenters. The van der Waals surface area contributed by atoms with Gasteiger partial charge in [-0.1, -0.05) is 6.92 Å². The molecule has 17 heavy (non-hydrogen) atoms. The Balaban J connectivity index is 2.83. The first-order chi connectivity index (χ1) is 8.08. The highest BCUT2D eigenvalue weighted by Crippen LogP contribution is 2.21. The van der Waals surface area contributed by atoms with E-state index in [0.29, 0.717) is 22.8 Å². The molecule has 0 radical (unpaired) electrons. The maximum Gasteiger partial charge on any atom is 0.259 e. The molecule has 2 rings (SSSR count). The lowest BCUT2D eigenvalue weighted by Gasteiger charge is -2.00. The van der Waals surface area contributed by atoms with Gasteiger partial charge in [-0.3, -0.25) is 9.59 Å². The monoisotopic (exact) mass is 270 g/mol. The SMILES string of the molecule is CCC(=O)c1c(C)sc2nc(CCl)cc(=O)n12. The molecule has 0 aliphatic rings. The molecule has 2 heterocycles. The predicted molar refractivity (Wildman–Crippen MR) is 68.3 cm³/mol. The van der Waals surface area contributed by atoms with Gasteiger partial charge >= 0.3 is 0 Å². The van der Waals surface area contributed by atoms with Crippen molar-refractivity contribution >= 4 is 33.7 Å². The molecule has 0 aliphatic heterocycles. The summed E-state index contributed by atoms with van der Waals surface area (Å²) in [5.74, 6) is 0.149. The number of aryl methyl sites for hydroxylation is 1. The minimum absolute atomic E-state index is 0.0451. The van der Waals surface area contributed by atoms with E-state index in [1.807, 2.05) is 6.92 Å². The molecule has 0 amide bonds. The Kier molecular flexibility index (Phi) is 3.31. The van der Waals surface area contributed by atoms with Crippen molar-refractivity contribution in [2.75, 3.05) is 0 Å². The van der Waals surface area contributed by atoms with E-state index < -0.39 is 0 Å². The van der Waals surface area contributed by atoms with E-state index in [-0.39, 0.29) is 17.2 Å². The third kappa shape index (κ3) is 2.00. The van der Waals surface area contributed by atoms with E-state index in [0.717, 1.165) is 4.88 Å². The molecule has 0 saturated carbocycles. The molecule has 6 heteroatoms. The van der Waals surface area contributed by atoms with Gasteiger partial charge in [-0.25, -0.2) is 9.38 Å². The van der Waals surface area contributed by atoms with Gasteiger partial charge in [-0.15, -0.1) is 22.9 Å². The summed E-state index contributed by atoms with van der Waals surface area (Å²) in [6, 6.07) is 1.37. The number of ketones is 1. The summed E-state index contributed by atoms with van der Waals surface area (Å²) in [5, 5.41) is 0. The molecule has 2 aromatic rings. The lowest BCUT2D eigenvalue weighted by atomic mass is 10.2. The smallest absolute Gasteiger partial charge is 0.259 e. The fourth-order valence-electron chi connectivity index (χ4n) is 1.68. The molecule has 0 fully saturated rings. The average Bonchev–Trinajstić information content (AvgIpc) is 2.64. The second-order valence-corrected chi connectivity index (χ2v) is 5.07. The lowest BCUT2D eigenvalue weighted by Crippen LogP contribution is -2.18. The van der Waals surface area contributed by atoms with Gasteiger partial charge < -0.3 is 0 Å². The summed E-state index contributed by atoms with van der Waals surface area (Å²) in [6.07, 6.45) is 0.371. The maximum atomic E-state index is 11.9. The standard InChI is InChI=1S/C11H11ClN2O2S/c1-3-8(15)10-6(2)17-11-13-7(5-12)4-9(16)14(10)11/h4H,3,5H2,1-2H3. The molecule has 0 spiro atoms. The summed E-state index contributed by atoms with van der Waals surface area (Å²) < 4.78 is 1.38. The molecule has 0 aliphatic carbocycles. The van der Waals surface area contributed by atoms with E-state index in [2.05, 4.69) is 4.98 Å². The van der Waals surface area contributed by atoms with Gasteiger partial charge in [0.25, 0.3) is 5.56 Å². The zero-order valence-corrected chi connectivity index (χ0v) is 11.1. The van der Waals surface area contributed by atoms with Crippen LogP contribution in [-0.2, 0) is 5.88 Å². The van der Waals surface area contributed by atoms with Crippen LogP contribution in [0.2, 0.25) is 0 Å². The number of fused-ring (bicyclic) bond motifs is 1. The van der Waals surface area contributed by atoms with Crippen LogP contribution in [0, 0.1) is 6.92 Å². The molecule has 0 bridgehead atoms. The van der Waals surface area contributed by atoms with Gasteiger partial charge in [0.05, 0.1) is 11.6 Å². The Morgan fingerprint density at radius 2 is 2.29 bits per heavy atom. The summed E-state index contributed by atoms with van der Waals surface area (Å²) in [7, 11) is 0. The first-order valence-corrected chi connectivity index (χ1v) is 6.54. The molecule has 0 unspecified atom stereocenters. The Hall–Kier alpha value is -1.20. The first-order valence-electron chi connectivity index (χ1n) is 5.19. The normalized spacial score (nSPS) is 11.0. The number of aromatic nitrogens is 2. The fraction of sp³-hybridized carbons (Fsp3) is 0.364. The van der Waals surface area contributed by atoms with Crippen LogP contribution < -0.4 is 5.56 Å². The molecule has 90 valence electrons. The van der Waals surface area contributed by atoms with Crippen molar-refractivity contribution in [2.45, 2.75) is 26.1 Å². The second-order valence-electron chi connectivity index (χ2n) is 3.62. The molecular weight excluding hydrogens is 260 g/mol. The number of thiazole rings is 1. The lowest BCUT2D eigenvalue weighted by molar-refractivity contribution is 0.0982. The molecule has 0 N–H and O–H groups in total. The zero-order chi connectivity index (χ0) is 12.6. The van der Waals surface area contributed by atoms with E-state index in [1.165, 1.54) is 21.8 Å². The average molecular weight is 271 g/mol. The van der Waals surface area contributed by atoms with E-state index in [4.69, 9.17) is 11.6 Å². The minimum Gasteiger partial charge on any atom is -0.292 e. The van der Waals surface area contributed by atoms with Crippen molar-refractivity contribution in [1.29, 1.82) is 0 Å². The number of hydrogen-bond donors (Lipinski definition) is 0. The number of halogens is 1. The van der Waals surface area contributed by atoms with Crippen LogP contribution in [0.4, 0.5) is 0 Å². The number of hydrogen-bond acceptors (Lipinski definition) is 4. The van der Waals surface area contributed by atoms with Crippen molar-refractivity contribution in [2.24, 2.45) is 0 Å². The first kappa shape index (κ1) is 12.3. The number of rotatable bonds is 3. The fourth-order valence-corrected chi connectivity index (χ4v) is 2.83. The van der Waals surface area contributed by atoms with Gasteiger partial charge in [0.2, 0.25) is 0 Å².